The topological polar surface area (TPSA) is 126 Å². The fourth-order valence-corrected chi connectivity index (χ4v) is 6.10. The second-order valence-corrected chi connectivity index (χ2v) is 11.4. The third-order valence-corrected chi connectivity index (χ3v) is 8.52. The van der Waals surface area contributed by atoms with Gasteiger partial charge < -0.3 is 30.2 Å². The van der Waals surface area contributed by atoms with Gasteiger partial charge in [0.05, 0.1) is 31.4 Å². The zero-order chi connectivity index (χ0) is 30.0. The number of hydrogen-bond donors (Lipinski definition) is 3. The third-order valence-electron chi connectivity index (χ3n) is 8.52. The van der Waals surface area contributed by atoms with Crippen molar-refractivity contribution in [3.05, 3.63) is 35.8 Å². The molecule has 2 aliphatic rings. The normalized spacial score (nSPS) is 22.8. The number of piperazine rings is 1. The number of aromatic nitrogens is 4. The Morgan fingerprint density at radius 3 is 2.62 bits per heavy atom. The van der Waals surface area contributed by atoms with Crippen LogP contribution in [0.2, 0.25) is 0 Å². The largest absolute Gasteiger partial charge is 0.469 e. The molecule has 2 saturated heterocycles. The number of aryl methyl sites for hydroxylation is 1. The number of piperidine rings is 1. The highest BCUT2D eigenvalue weighted by Crippen LogP contribution is 2.31. The van der Waals surface area contributed by atoms with Crippen LogP contribution in [0.1, 0.15) is 38.6 Å². The average Bonchev–Trinajstić information content (AvgIpc) is 3.32. The lowest BCUT2D eigenvalue weighted by Gasteiger charge is -2.40. The summed E-state index contributed by atoms with van der Waals surface area (Å²) in [5.74, 6) is -0.607. The summed E-state index contributed by atoms with van der Waals surface area (Å²) < 4.78 is 36.8. The molecule has 13 heteroatoms. The molecule has 0 aliphatic carbocycles. The number of fused-ring (bicyclic) bond motifs is 1. The van der Waals surface area contributed by atoms with Gasteiger partial charge in [-0.2, -0.15) is 0 Å². The average molecular weight is 586 g/mol. The van der Waals surface area contributed by atoms with Gasteiger partial charge >= 0.3 is 5.97 Å². The summed E-state index contributed by atoms with van der Waals surface area (Å²) in [6, 6.07) is 2.50. The lowest BCUT2D eigenvalue weighted by atomic mass is 9.91. The van der Waals surface area contributed by atoms with Crippen LogP contribution in [0.25, 0.3) is 22.3 Å². The van der Waals surface area contributed by atoms with Crippen molar-refractivity contribution in [2.45, 2.75) is 51.9 Å². The first-order valence-electron chi connectivity index (χ1n) is 14.6. The maximum atomic E-state index is 15.2. The zero-order valence-electron chi connectivity index (χ0n) is 24.7. The van der Waals surface area contributed by atoms with Crippen LogP contribution in [0.5, 0.6) is 0 Å². The first kappa shape index (κ1) is 30.2. The van der Waals surface area contributed by atoms with E-state index < -0.39 is 17.6 Å². The van der Waals surface area contributed by atoms with E-state index in [1.165, 1.54) is 13.2 Å². The van der Waals surface area contributed by atoms with Gasteiger partial charge in [-0.15, -0.1) is 0 Å². The summed E-state index contributed by atoms with van der Waals surface area (Å²) in [5.41, 5.74) is 7.37. The van der Waals surface area contributed by atoms with Crippen molar-refractivity contribution in [2.75, 3.05) is 58.2 Å². The molecular weight excluding hydrogens is 544 g/mol. The number of rotatable bonds is 9. The highest BCUT2D eigenvalue weighted by molar-refractivity contribution is 5.83. The number of likely N-dealkylation sites (N-methyl/N-ethyl adjacent to an activating group) is 1. The third kappa shape index (κ3) is 6.54. The molecular formula is C29H41F2N9O2. The maximum Gasteiger partial charge on any atom is 0.307 e. The fourth-order valence-electron chi connectivity index (χ4n) is 6.10. The van der Waals surface area contributed by atoms with Crippen molar-refractivity contribution in [2.24, 2.45) is 11.7 Å². The minimum Gasteiger partial charge on any atom is -0.469 e. The molecule has 0 spiro atoms. The highest BCUT2D eigenvalue weighted by atomic mass is 19.1. The minimum atomic E-state index is -0.679. The molecule has 4 atom stereocenters. The number of esters is 1. The number of nitrogens with two attached hydrogens (primary N) is 1. The number of anilines is 1. The van der Waals surface area contributed by atoms with E-state index in [2.05, 4.69) is 42.3 Å². The van der Waals surface area contributed by atoms with E-state index in [0.29, 0.717) is 23.7 Å². The van der Waals surface area contributed by atoms with Crippen LogP contribution in [0.4, 0.5) is 14.7 Å². The van der Waals surface area contributed by atoms with Gasteiger partial charge in [0.25, 0.3) is 0 Å². The molecule has 42 heavy (non-hydrogen) atoms. The molecule has 4 N–H and O–H groups in total. The van der Waals surface area contributed by atoms with Crippen molar-refractivity contribution < 1.29 is 18.3 Å². The van der Waals surface area contributed by atoms with Crippen LogP contribution in [-0.4, -0.2) is 100 Å². The highest BCUT2D eigenvalue weighted by Gasteiger charge is 2.30. The first-order valence-corrected chi connectivity index (χ1v) is 14.6. The van der Waals surface area contributed by atoms with Crippen LogP contribution < -0.4 is 16.4 Å². The monoisotopic (exact) mass is 585 g/mol. The Hall–Kier alpha value is -3.26. The predicted molar refractivity (Wildman–Crippen MR) is 157 cm³/mol. The molecule has 4 heterocycles. The summed E-state index contributed by atoms with van der Waals surface area (Å²) in [4.78, 5) is 29.7. The molecule has 228 valence electrons. The number of carbonyl (C=O) groups excluding carboxylic acids is 1. The van der Waals surface area contributed by atoms with Gasteiger partial charge in [-0.1, -0.05) is 6.92 Å². The van der Waals surface area contributed by atoms with E-state index in [1.54, 1.807) is 17.6 Å². The van der Waals surface area contributed by atoms with E-state index in [9.17, 15) is 4.79 Å². The number of imidazole rings is 1. The Morgan fingerprint density at radius 2 is 1.93 bits per heavy atom. The molecule has 2 aliphatic heterocycles. The van der Waals surface area contributed by atoms with E-state index in [-0.39, 0.29) is 47.4 Å². The van der Waals surface area contributed by atoms with Crippen molar-refractivity contribution in [1.82, 2.24) is 34.6 Å². The van der Waals surface area contributed by atoms with Gasteiger partial charge in [0, 0.05) is 56.9 Å². The Morgan fingerprint density at radius 1 is 1.19 bits per heavy atom. The smallest absolute Gasteiger partial charge is 0.307 e. The van der Waals surface area contributed by atoms with Crippen LogP contribution >= 0.6 is 0 Å². The van der Waals surface area contributed by atoms with Crippen molar-refractivity contribution in [1.29, 1.82) is 0 Å². The summed E-state index contributed by atoms with van der Waals surface area (Å²) in [5, 5.41) is 6.73. The van der Waals surface area contributed by atoms with Crippen molar-refractivity contribution >= 4 is 23.0 Å². The lowest BCUT2D eigenvalue weighted by Crippen LogP contribution is -2.57. The second-order valence-electron chi connectivity index (χ2n) is 11.4. The molecule has 5 rings (SSSR count). The Labute approximate surface area is 244 Å². The molecule has 11 nitrogen and oxygen atoms in total. The number of nitrogens with zero attached hydrogens (tertiary/aromatic N) is 6. The first-order chi connectivity index (χ1) is 20.2. The van der Waals surface area contributed by atoms with Crippen LogP contribution in [0.15, 0.2) is 18.3 Å². The summed E-state index contributed by atoms with van der Waals surface area (Å²) >= 11 is 0. The Balaban J connectivity index is 1.30. The van der Waals surface area contributed by atoms with E-state index in [0.717, 1.165) is 52.0 Å². The number of halogens is 2. The van der Waals surface area contributed by atoms with Gasteiger partial charge in [0.15, 0.2) is 11.6 Å². The number of nitrogens with one attached hydrogen (secondary N) is 2. The SMILES string of the molecule is CCN1CCN(CC2CNC(Nc3ncc(F)c(-c4cc(F)c5nc(C)n(C(C)CC(=O)OC)c5c4)n3)CC2N)CC1. The predicted octanol–water partition coefficient (Wildman–Crippen LogP) is 2.52. The van der Waals surface area contributed by atoms with Crippen LogP contribution in [0, 0.1) is 24.5 Å². The molecule has 1 aromatic carbocycles. The molecule has 2 aromatic heterocycles. The van der Waals surface area contributed by atoms with Crippen molar-refractivity contribution in [3.8, 4) is 11.3 Å². The van der Waals surface area contributed by atoms with Gasteiger partial charge in [0.2, 0.25) is 5.95 Å². The number of methoxy groups -OCH3 is 1. The minimum absolute atomic E-state index is 0.0140. The molecule has 0 bridgehead atoms. The van der Waals surface area contributed by atoms with Gasteiger partial charge in [-0.05, 0) is 44.9 Å². The number of carbonyl (C=O) groups is 1. The lowest BCUT2D eigenvalue weighted by molar-refractivity contribution is -0.141. The standard InChI is InChI=1S/C29H41F2N9O2/c1-5-38-6-8-39(9-7-38)16-20-14-33-25(13-23(20)32)36-29-34-15-22(31)27(37-29)19-11-21(30)28-24(12-19)40(18(3)35-28)17(2)10-26(41)42-4/h11-12,15,17,20,23,25,33H,5-10,13-14,16,32H2,1-4H3,(H,34,36,37). The second kappa shape index (κ2) is 12.9. The zero-order valence-corrected chi connectivity index (χ0v) is 24.7. The summed E-state index contributed by atoms with van der Waals surface area (Å²) in [7, 11) is 1.32. The molecule has 0 amide bonds. The van der Waals surface area contributed by atoms with Crippen molar-refractivity contribution in [3.63, 3.8) is 0 Å². The number of hydrogen-bond acceptors (Lipinski definition) is 10. The molecule has 2 fully saturated rings. The molecule has 0 radical (unpaired) electrons. The fraction of sp³-hybridized carbons (Fsp3) is 0.586. The number of ether oxygens (including phenoxy) is 1. The van der Waals surface area contributed by atoms with E-state index in [1.807, 2.05) is 6.92 Å². The maximum absolute atomic E-state index is 15.2. The van der Waals surface area contributed by atoms with Gasteiger partial charge in [0.1, 0.15) is 17.0 Å². The summed E-state index contributed by atoms with van der Waals surface area (Å²) in [6.07, 6.45) is 1.63. The van der Waals surface area contributed by atoms with E-state index >= 15 is 8.78 Å². The van der Waals surface area contributed by atoms with Crippen LogP contribution in [-0.2, 0) is 9.53 Å². The quantitative estimate of drug-likeness (QED) is 0.323. The van der Waals surface area contributed by atoms with Gasteiger partial charge in [-0.3, -0.25) is 10.1 Å². The molecule has 3 aromatic rings. The van der Waals surface area contributed by atoms with Crippen LogP contribution in [0.3, 0.4) is 0 Å². The molecule has 0 saturated carbocycles. The Bertz CT molecular complexity index is 1410. The molecule has 4 unspecified atom stereocenters. The summed E-state index contributed by atoms with van der Waals surface area (Å²) in [6.45, 7) is 12.8. The van der Waals surface area contributed by atoms with Gasteiger partial charge in [-0.25, -0.2) is 23.7 Å². The number of benzene rings is 1. The van der Waals surface area contributed by atoms with E-state index in [4.69, 9.17) is 10.5 Å². The Kier molecular flexibility index (Phi) is 9.31.